The number of fused-ring (bicyclic) bond motifs is 1. The van der Waals surface area contributed by atoms with Crippen LogP contribution in [0.1, 0.15) is 12.0 Å². The van der Waals surface area contributed by atoms with E-state index in [1.165, 1.54) is 0 Å². The van der Waals surface area contributed by atoms with Crippen LogP contribution >= 0.6 is 0 Å². The number of pyridine rings is 1. The molecule has 1 fully saturated rings. The Morgan fingerprint density at radius 2 is 2.17 bits per heavy atom. The predicted molar refractivity (Wildman–Crippen MR) is 69.8 cm³/mol. The van der Waals surface area contributed by atoms with Gasteiger partial charge in [-0.2, -0.15) is 0 Å². The fraction of sp³-hybridized carbons (Fsp3) is 0.286. The zero-order valence-corrected chi connectivity index (χ0v) is 10.0. The first-order valence-corrected chi connectivity index (χ1v) is 6.10. The zero-order chi connectivity index (χ0) is 12.5. The number of likely N-dealkylation sites (tertiary alicyclic amines) is 1. The van der Waals surface area contributed by atoms with Crippen molar-refractivity contribution in [2.24, 2.45) is 5.73 Å². The van der Waals surface area contributed by atoms with E-state index in [9.17, 15) is 4.79 Å². The molecule has 0 spiro atoms. The van der Waals surface area contributed by atoms with E-state index in [0.29, 0.717) is 19.5 Å². The van der Waals surface area contributed by atoms with Gasteiger partial charge in [0.05, 0.1) is 5.52 Å². The van der Waals surface area contributed by atoms with Crippen LogP contribution in [-0.2, 0) is 11.3 Å². The van der Waals surface area contributed by atoms with Crippen LogP contribution in [0.5, 0.6) is 0 Å². The molecule has 0 saturated carbocycles. The maximum atomic E-state index is 11.8. The molecule has 1 aromatic heterocycles. The maximum Gasteiger partial charge on any atom is 0.224 e. The Bertz CT molecular complexity index is 591. The molecule has 1 saturated heterocycles. The highest BCUT2D eigenvalue weighted by molar-refractivity contribution is 5.83. The average molecular weight is 241 g/mol. The largest absolute Gasteiger partial charge is 0.337 e. The Labute approximate surface area is 105 Å². The molecular weight excluding hydrogens is 226 g/mol. The molecule has 1 aromatic carbocycles. The highest BCUT2D eigenvalue weighted by Gasteiger charge is 2.26. The third kappa shape index (κ3) is 1.95. The second kappa shape index (κ2) is 4.38. The van der Waals surface area contributed by atoms with Crippen LogP contribution in [0.25, 0.3) is 10.9 Å². The van der Waals surface area contributed by atoms with Crippen molar-refractivity contribution in [2.75, 3.05) is 6.54 Å². The quantitative estimate of drug-likeness (QED) is 0.862. The van der Waals surface area contributed by atoms with Crippen molar-refractivity contribution in [3.63, 3.8) is 0 Å². The molecule has 4 nitrogen and oxygen atoms in total. The molecule has 1 unspecified atom stereocenters. The van der Waals surface area contributed by atoms with Gasteiger partial charge in [-0.15, -0.1) is 0 Å². The molecule has 0 aliphatic carbocycles. The molecule has 1 amide bonds. The Morgan fingerprint density at radius 1 is 1.33 bits per heavy atom. The monoisotopic (exact) mass is 241 g/mol. The van der Waals surface area contributed by atoms with Gasteiger partial charge in [0.15, 0.2) is 0 Å². The van der Waals surface area contributed by atoms with E-state index in [1.54, 1.807) is 6.20 Å². The summed E-state index contributed by atoms with van der Waals surface area (Å²) in [6, 6.07) is 9.93. The minimum Gasteiger partial charge on any atom is -0.337 e. The molecular formula is C14H15N3O. The SMILES string of the molecule is NC1CC(=O)N(Cc2ccnc3ccccc23)C1. The van der Waals surface area contributed by atoms with Gasteiger partial charge in [0.2, 0.25) is 5.91 Å². The lowest BCUT2D eigenvalue weighted by Gasteiger charge is -2.17. The number of rotatable bonds is 2. The van der Waals surface area contributed by atoms with Crippen molar-refractivity contribution in [1.82, 2.24) is 9.88 Å². The summed E-state index contributed by atoms with van der Waals surface area (Å²) < 4.78 is 0. The van der Waals surface area contributed by atoms with E-state index >= 15 is 0 Å². The summed E-state index contributed by atoms with van der Waals surface area (Å²) in [5, 5.41) is 1.10. The third-order valence-corrected chi connectivity index (χ3v) is 3.34. The van der Waals surface area contributed by atoms with Crippen LogP contribution in [0, 0.1) is 0 Å². The summed E-state index contributed by atoms with van der Waals surface area (Å²) >= 11 is 0. The van der Waals surface area contributed by atoms with Crippen molar-refractivity contribution < 1.29 is 4.79 Å². The van der Waals surface area contributed by atoms with E-state index in [2.05, 4.69) is 4.98 Å². The van der Waals surface area contributed by atoms with Gasteiger partial charge in [0, 0.05) is 37.1 Å². The number of amides is 1. The number of carbonyl (C=O) groups is 1. The van der Waals surface area contributed by atoms with Gasteiger partial charge in [0.1, 0.15) is 0 Å². The first kappa shape index (κ1) is 11.2. The molecule has 0 bridgehead atoms. The molecule has 4 heteroatoms. The number of benzene rings is 1. The van der Waals surface area contributed by atoms with Gasteiger partial charge in [-0.25, -0.2) is 0 Å². The van der Waals surface area contributed by atoms with Crippen LogP contribution in [0.15, 0.2) is 36.5 Å². The Balaban J connectivity index is 1.93. The number of nitrogens with zero attached hydrogens (tertiary/aromatic N) is 2. The standard InChI is InChI=1S/C14H15N3O/c15-11-7-14(18)17(9-11)8-10-5-6-16-13-4-2-1-3-12(10)13/h1-6,11H,7-9,15H2. The molecule has 92 valence electrons. The molecule has 2 heterocycles. The van der Waals surface area contributed by atoms with Gasteiger partial charge >= 0.3 is 0 Å². The average Bonchev–Trinajstić information content (AvgIpc) is 2.68. The molecule has 2 N–H and O–H groups in total. The first-order chi connectivity index (χ1) is 8.74. The summed E-state index contributed by atoms with van der Waals surface area (Å²) in [4.78, 5) is 17.9. The molecule has 0 radical (unpaired) electrons. The lowest BCUT2D eigenvalue weighted by molar-refractivity contribution is -0.128. The van der Waals surface area contributed by atoms with E-state index in [-0.39, 0.29) is 11.9 Å². The van der Waals surface area contributed by atoms with Gasteiger partial charge in [0.25, 0.3) is 0 Å². The lowest BCUT2D eigenvalue weighted by atomic mass is 10.1. The number of hydrogen-bond donors (Lipinski definition) is 1. The molecule has 1 aliphatic heterocycles. The van der Waals surface area contributed by atoms with E-state index in [1.807, 2.05) is 35.2 Å². The summed E-state index contributed by atoms with van der Waals surface area (Å²) in [6.45, 7) is 1.27. The van der Waals surface area contributed by atoms with E-state index in [0.717, 1.165) is 16.5 Å². The highest BCUT2D eigenvalue weighted by Crippen LogP contribution is 2.20. The van der Waals surface area contributed by atoms with E-state index < -0.39 is 0 Å². The highest BCUT2D eigenvalue weighted by atomic mass is 16.2. The number of aromatic nitrogens is 1. The van der Waals surface area contributed by atoms with Crippen LogP contribution in [-0.4, -0.2) is 28.4 Å². The Kier molecular flexibility index (Phi) is 2.72. The fourth-order valence-electron chi connectivity index (χ4n) is 2.45. The molecule has 1 atom stereocenters. The zero-order valence-electron chi connectivity index (χ0n) is 10.0. The first-order valence-electron chi connectivity index (χ1n) is 6.10. The van der Waals surface area contributed by atoms with Crippen LogP contribution < -0.4 is 5.73 Å². The maximum absolute atomic E-state index is 11.8. The van der Waals surface area contributed by atoms with Crippen molar-refractivity contribution >= 4 is 16.8 Å². The van der Waals surface area contributed by atoms with Crippen molar-refractivity contribution in [1.29, 1.82) is 0 Å². The minimum atomic E-state index is -0.0226. The molecule has 1 aliphatic rings. The Morgan fingerprint density at radius 3 is 2.94 bits per heavy atom. The third-order valence-electron chi connectivity index (χ3n) is 3.34. The van der Waals surface area contributed by atoms with Crippen LogP contribution in [0.2, 0.25) is 0 Å². The number of hydrogen-bond acceptors (Lipinski definition) is 3. The number of para-hydroxylation sites is 1. The normalized spacial score (nSPS) is 19.7. The van der Waals surface area contributed by atoms with Crippen molar-refractivity contribution in [2.45, 2.75) is 19.0 Å². The molecule has 3 rings (SSSR count). The number of carbonyl (C=O) groups excluding carboxylic acids is 1. The summed E-state index contributed by atoms with van der Waals surface area (Å²) in [5.74, 6) is 0.142. The summed E-state index contributed by atoms with van der Waals surface area (Å²) in [6.07, 6.45) is 2.25. The Hall–Kier alpha value is -1.94. The summed E-state index contributed by atoms with van der Waals surface area (Å²) in [7, 11) is 0. The fourth-order valence-corrected chi connectivity index (χ4v) is 2.45. The van der Waals surface area contributed by atoms with Crippen LogP contribution in [0.4, 0.5) is 0 Å². The number of nitrogens with two attached hydrogens (primary N) is 1. The van der Waals surface area contributed by atoms with Gasteiger partial charge in [-0.1, -0.05) is 18.2 Å². The van der Waals surface area contributed by atoms with Crippen molar-refractivity contribution in [3.8, 4) is 0 Å². The topological polar surface area (TPSA) is 59.2 Å². The molecule has 18 heavy (non-hydrogen) atoms. The van der Waals surface area contributed by atoms with Crippen LogP contribution in [0.3, 0.4) is 0 Å². The summed E-state index contributed by atoms with van der Waals surface area (Å²) in [5.41, 5.74) is 7.90. The van der Waals surface area contributed by atoms with Gasteiger partial charge in [-0.05, 0) is 17.7 Å². The van der Waals surface area contributed by atoms with Crippen molar-refractivity contribution in [3.05, 3.63) is 42.1 Å². The molecule has 2 aromatic rings. The minimum absolute atomic E-state index is 0.0226. The van der Waals surface area contributed by atoms with Gasteiger partial charge < -0.3 is 10.6 Å². The second-order valence-corrected chi connectivity index (χ2v) is 4.73. The lowest BCUT2D eigenvalue weighted by Crippen LogP contribution is -2.27. The predicted octanol–water partition coefficient (Wildman–Crippen LogP) is 1.29. The smallest absolute Gasteiger partial charge is 0.224 e. The van der Waals surface area contributed by atoms with Gasteiger partial charge in [-0.3, -0.25) is 9.78 Å². The second-order valence-electron chi connectivity index (χ2n) is 4.73. The van der Waals surface area contributed by atoms with E-state index in [4.69, 9.17) is 5.73 Å².